The van der Waals surface area contributed by atoms with Gasteiger partial charge in [0.2, 0.25) is 4.96 Å². The number of benzene rings is 1. The van der Waals surface area contributed by atoms with Gasteiger partial charge in [0.05, 0.1) is 16.0 Å². The Kier molecular flexibility index (Phi) is 4.33. The summed E-state index contributed by atoms with van der Waals surface area (Å²) in [6.45, 7) is 2.71. The number of thiazole rings is 1. The summed E-state index contributed by atoms with van der Waals surface area (Å²) in [5.41, 5.74) is 0.733. The van der Waals surface area contributed by atoms with Gasteiger partial charge in [0.15, 0.2) is 5.82 Å². The molecule has 4 rings (SSSR count). The van der Waals surface area contributed by atoms with Gasteiger partial charge in [0, 0.05) is 5.56 Å². The molecular formula is C18H15N3O2S2. The Bertz CT molecular complexity index is 1110. The zero-order valence-corrected chi connectivity index (χ0v) is 15.1. The molecule has 0 amide bonds. The van der Waals surface area contributed by atoms with Crippen molar-refractivity contribution in [3.8, 4) is 16.5 Å². The second-order valence-corrected chi connectivity index (χ2v) is 7.37. The molecule has 5 nitrogen and oxygen atoms in total. The van der Waals surface area contributed by atoms with E-state index in [9.17, 15) is 4.79 Å². The Hall–Kier alpha value is -2.51. The fourth-order valence-electron chi connectivity index (χ4n) is 2.43. The van der Waals surface area contributed by atoms with Gasteiger partial charge in [0.1, 0.15) is 5.75 Å². The Labute approximate surface area is 151 Å². The smallest absolute Gasteiger partial charge is 0.291 e. The summed E-state index contributed by atoms with van der Waals surface area (Å²) in [5, 5.41) is 6.32. The Balaban J connectivity index is 1.78. The molecule has 0 saturated carbocycles. The lowest BCUT2D eigenvalue weighted by Crippen LogP contribution is -2.23. The minimum Gasteiger partial charge on any atom is -0.493 e. The third-order valence-corrected chi connectivity index (χ3v) is 5.42. The molecule has 0 radical (unpaired) electrons. The number of thiophene rings is 1. The first-order valence-electron chi connectivity index (χ1n) is 7.93. The molecule has 0 fully saturated rings. The summed E-state index contributed by atoms with van der Waals surface area (Å²) in [5.74, 6) is 1.37. The van der Waals surface area contributed by atoms with Gasteiger partial charge in [-0.25, -0.2) is 0 Å². The van der Waals surface area contributed by atoms with Crippen molar-refractivity contribution in [2.75, 3.05) is 6.61 Å². The molecule has 25 heavy (non-hydrogen) atoms. The lowest BCUT2D eigenvalue weighted by atomic mass is 10.2. The predicted molar refractivity (Wildman–Crippen MR) is 101 cm³/mol. The minimum atomic E-state index is -0.152. The molecule has 0 atom stereocenters. The highest BCUT2D eigenvalue weighted by Gasteiger charge is 2.12. The van der Waals surface area contributed by atoms with E-state index in [0.717, 1.165) is 22.6 Å². The van der Waals surface area contributed by atoms with E-state index < -0.39 is 0 Å². The first-order valence-corrected chi connectivity index (χ1v) is 9.63. The number of aromatic nitrogens is 3. The van der Waals surface area contributed by atoms with E-state index in [4.69, 9.17) is 4.74 Å². The van der Waals surface area contributed by atoms with E-state index in [1.807, 2.05) is 47.9 Å². The second-order valence-electron chi connectivity index (χ2n) is 5.41. The van der Waals surface area contributed by atoms with Crippen molar-refractivity contribution >= 4 is 33.7 Å². The number of rotatable bonds is 5. The maximum Gasteiger partial charge on any atom is 0.291 e. The molecule has 0 aliphatic rings. The molecule has 0 spiro atoms. The summed E-state index contributed by atoms with van der Waals surface area (Å²) >= 11 is 2.90. The third-order valence-electron chi connectivity index (χ3n) is 3.59. The number of para-hydroxylation sites is 1. The van der Waals surface area contributed by atoms with Crippen LogP contribution in [0.2, 0.25) is 0 Å². The zero-order valence-electron chi connectivity index (χ0n) is 13.5. The van der Waals surface area contributed by atoms with Crippen LogP contribution in [-0.2, 0) is 0 Å². The van der Waals surface area contributed by atoms with Crippen LogP contribution in [0.15, 0.2) is 46.6 Å². The minimum absolute atomic E-state index is 0.152. The Morgan fingerprint density at radius 1 is 1.24 bits per heavy atom. The molecular weight excluding hydrogens is 354 g/mol. The highest BCUT2D eigenvalue weighted by Crippen LogP contribution is 2.22. The molecule has 1 aromatic carbocycles. The molecule has 0 N–H and O–H groups in total. The van der Waals surface area contributed by atoms with Crippen LogP contribution in [0.25, 0.3) is 21.7 Å². The number of nitrogens with zero attached hydrogens (tertiary/aromatic N) is 3. The highest BCUT2D eigenvalue weighted by molar-refractivity contribution is 7.15. The molecule has 0 aliphatic carbocycles. The molecule has 4 aromatic rings. The first kappa shape index (κ1) is 16.0. The topological polar surface area (TPSA) is 56.5 Å². The van der Waals surface area contributed by atoms with Gasteiger partial charge in [-0.3, -0.25) is 4.79 Å². The molecule has 126 valence electrons. The van der Waals surface area contributed by atoms with Crippen LogP contribution in [0, 0.1) is 0 Å². The van der Waals surface area contributed by atoms with Crippen LogP contribution in [-0.4, -0.2) is 21.2 Å². The molecule has 0 unspecified atom stereocenters. The van der Waals surface area contributed by atoms with Crippen molar-refractivity contribution in [2.24, 2.45) is 0 Å². The number of fused-ring (bicyclic) bond motifs is 1. The second kappa shape index (κ2) is 6.78. The van der Waals surface area contributed by atoms with E-state index >= 15 is 0 Å². The van der Waals surface area contributed by atoms with Crippen molar-refractivity contribution in [1.82, 2.24) is 14.6 Å². The van der Waals surface area contributed by atoms with E-state index in [1.165, 1.54) is 15.9 Å². The van der Waals surface area contributed by atoms with Crippen molar-refractivity contribution in [1.29, 1.82) is 0 Å². The van der Waals surface area contributed by atoms with Crippen LogP contribution < -0.4 is 14.8 Å². The van der Waals surface area contributed by atoms with Crippen LogP contribution >= 0.6 is 22.7 Å². The predicted octanol–water partition coefficient (Wildman–Crippen LogP) is 3.22. The molecule has 0 bridgehead atoms. The van der Waals surface area contributed by atoms with E-state index in [2.05, 4.69) is 17.0 Å². The maximum absolute atomic E-state index is 12.6. The summed E-state index contributed by atoms with van der Waals surface area (Å²) < 4.78 is 7.73. The molecule has 3 heterocycles. The molecule has 3 aromatic heterocycles. The highest BCUT2D eigenvalue weighted by atomic mass is 32.1. The monoisotopic (exact) mass is 369 g/mol. The van der Waals surface area contributed by atoms with E-state index in [1.54, 1.807) is 11.3 Å². The van der Waals surface area contributed by atoms with Crippen molar-refractivity contribution in [3.63, 3.8) is 0 Å². The van der Waals surface area contributed by atoms with Crippen molar-refractivity contribution in [2.45, 2.75) is 13.3 Å². The average Bonchev–Trinajstić information content (AvgIpc) is 3.33. The standard InChI is InChI=1S/C18H15N3O2S2/c1-2-9-23-13-7-4-3-6-12(13)11-15-17(22)21-18(25-15)19-16(20-21)14-8-5-10-24-14/h3-8,10-11H,2,9H2,1H3. The van der Waals surface area contributed by atoms with Gasteiger partial charge < -0.3 is 4.74 Å². The van der Waals surface area contributed by atoms with Gasteiger partial charge in [0.25, 0.3) is 5.56 Å². The van der Waals surface area contributed by atoms with Crippen molar-refractivity contribution < 1.29 is 4.74 Å². The van der Waals surface area contributed by atoms with Crippen LogP contribution in [0.5, 0.6) is 5.75 Å². The first-order chi connectivity index (χ1) is 12.3. The maximum atomic E-state index is 12.6. The van der Waals surface area contributed by atoms with Crippen molar-refractivity contribution in [3.05, 3.63) is 62.2 Å². The number of ether oxygens (including phenoxy) is 1. The fraction of sp³-hybridized carbons (Fsp3) is 0.167. The van der Waals surface area contributed by atoms with Gasteiger partial charge in [-0.15, -0.1) is 16.4 Å². The fourth-order valence-corrected chi connectivity index (χ4v) is 3.98. The Morgan fingerprint density at radius 2 is 2.12 bits per heavy atom. The summed E-state index contributed by atoms with van der Waals surface area (Å²) in [7, 11) is 0. The van der Waals surface area contributed by atoms with Crippen LogP contribution in [0.3, 0.4) is 0 Å². The van der Waals surface area contributed by atoms with Crippen LogP contribution in [0.4, 0.5) is 0 Å². The quantitative estimate of drug-likeness (QED) is 0.542. The lowest BCUT2D eigenvalue weighted by Gasteiger charge is -2.07. The zero-order chi connectivity index (χ0) is 17.2. The largest absolute Gasteiger partial charge is 0.493 e. The van der Waals surface area contributed by atoms with E-state index in [0.29, 0.717) is 21.9 Å². The molecule has 0 saturated heterocycles. The number of hydrogen-bond acceptors (Lipinski definition) is 6. The van der Waals surface area contributed by atoms with Gasteiger partial charge in [-0.2, -0.15) is 9.50 Å². The van der Waals surface area contributed by atoms with E-state index in [-0.39, 0.29) is 5.56 Å². The normalized spacial score (nSPS) is 12.1. The summed E-state index contributed by atoms with van der Waals surface area (Å²) in [4.78, 5) is 18.7. The van der Waals surface area contributed by atoms with Gasteiger partial charge >= 0.3 is 0 Å². The summed E-state index contributed by atoms with van der Waals surface area (Å²) in [6.07, 6.45) is 2.78. The Morgan fingerprint density at radius 3 is 2.88 bits per heavy atom. The van der Waals surface area contributed by atoms with Crippen LogP contribution in [0.1, 0.15) is 18.9 Å². The average molecular weight is 369 g/mol. The molecule has 7 heteroatoms. The van der Waals surface area contributed by atoms with Gasteiger partial charge in [-0.05, 0) is 30.0 Å². The third kappa shape index (κ3) is 3.08. The summed E-state index contributed by atoms with van der Waals surface area (Å²) in [6, 6.07) is 11.6. The SMILES string of the molecule is CCCOc1ccccc1C=c1sc2nc(-c3cccs3)nn2c1=O. The number of hydrogen-bond donors (Lipinski definition) is 0. The molecule has 0 aliphatic heterocycles. The van der Waals surface area contributed by atoms with Gasteiger partial charge in [-0.1, -0.05) is 42.5 Å². The lowest BCUT2D eigenvalue weighted by molar-refractivity contribution is 0.317.